The molecule has 1 amide bonds. The van der Waals surface area contributed by atoms with E-state index in [0.717, 1.165) is 0 Å². The summed E-state index contributed by atoms with van der Waals surface area (Å²) >= 11 is 6.20. The molecule has 1 N–H and O–H groups in total. The highest BCUT2D eigenvalue weighted by Crippen LogP contribution is 2.18. The van der Waals surface area contributed by atoms with Crippen LogP contribution in [0.1, 0.15) is 0 Å². The van der Waals surface area contributed by atoms with Gasteiger partial charge in [0.25, 0.3) is 0 Å². The molecule has 0 saturated carbocycles. The summed E-state index contributed by atoms with van der Waals surface area (Å²) in [6.07, 6.45) is 0. The van der Waals surface area contributed by atoms with E-state index < -0.39 is 0 Å². The van der Waals surface area contributed by atoms with Gasteiger partial charge in [0.2, 0.25) is 5.91 Å². The normalized spacial score (nSPS) is 18.1. The van der Waals surface area contributed by atoms with Crippen LogP contribution in [0.5, 0.6) is 0 Å². The van der Waals surface area contributed by atoms with Gasteiger partial charge >= 0.3 is 0 Å². The molecule has 0 aromatic rings. The number of carbonyl (C=O) groups excluding carboxylic acids is 1. The van der Waals surface area contributed by atoms with Crippen LogP contribution in [0.25, 0.3) is 0 Å². The molecule has 1 fully saturated rings. The lowest BCUT2D eigenvalue weighted by Crippen LogP contribution is -2.31. The van der Waals surface area contributed by atoms with E-state index in [2.05, 4.69) is 4.89 Å². The molecule has 0 bridgehead atoms. The lowest BCUT2D eigenvalue weighted by molar-refractivity contribution is -0.242. The fourth-order valence-electron chi connectivity index (χ4n) is 0.729. The molecule has 1 heterocycles. The molecule has 0 unspecified atom stereocenters. The monoisotopic (exact) mass is 193 g/mol. The minimum atomic E-state index is -0.0166. The van der Waals surface area contributed by atoms with Gasteiger partial charge in [0, 0.05) is 0 Å². The van der Waals surface area contributed by atoms with E-state index in [1.54, 1.807) is 0 Å². The molecule has 0 aromatic heterocycles. The van der Waals surface area contributed by atoms with E-state index in [1.807, 2.05) is 0 Å². The minimum absolute atomic E-state index is 0.0166. The van der Waals surface area contributed by atoms with Gasteiger partial charge < -0.3 is 0 Å². The average Bonchev–Trinajstić information content (AvgIpc) is 2.29. The van der Waals surface area contributed by atoms with Crippen LogP contribution < -0.4 is 0 Å². The first kappa shape index (κ1) is 8.92. The predicted octanol–water partition coefficient (Wildman–Crippen LogP) is 0.336. The summed E-state index contributed by atoms with van der Waals surface area (Å²) in [7, 11) is 0. The number of carbonyl (C=O) groups is 1. The second-order valence-corrected chi connectivity index (χ2v) is 3.54. The van der Waals surface area contributed by atoms with Crippen molar-refractivity contribution in [2.75, 3.05) is 18.9 Å². The number of hydrogen-bond acceptors (Lipinski definition) is 5. The molecule has 1 aliphatic rings. The topological polar surface area (TPSA) is 49.8 Å². The number of thioether (sulfide) groups is 1. The minimum Gasteiger partial charge on any atom is -0.295 e. The molecule has 1 rings (SSSR count). The number of hydrogen-bond donors (Lipinski definition) is 1. The highest BCUT2D eigenvalue weighted by molar-refractivity contribution is 8.23. The van der Waals surface area contributed by atoms with Gasteiger partial charge in [-0.2, -0.15) is 0 Å². The standard InChI is InChI=1S/C5H7NO3S2/c7-4-3-11-5(10)6(4)1-2-9-8/h8H,1-3H2. The third-order valence-electron chi connectivity index (χ3n) is 1.25. The summed E-state index contributed by atoms with van der Waals surface area (Å²) in [5, 5.41) is 8.01. The van der Waals surface area contributed by atoms with Gasteiger partial charge in [-0.3, -0.25) is 15.0 Å². The van der Waals surface area contributed by atoms with Crippen molar-refractivity contribution < 1.29 is 14.9 Å². The van der Waals surface area contributed by atoms with E-state index >= 15 is 0 Å². The number of nitrogens with zero attached hydrogens (tertiary/aromatic N) is 1. The molecule has 0 atom stereocenters. The Labute approximate surface area is 73.4 Å². The smallest absolute Gasteiger partial charge is 0.238 e. The van der Waals surface area contributed by atoms with Crippen molar-refractivity contribution >= 4 is 34.2 Å². The molecular formula is C5H7NO3S2. The Morgan fingerprint density at radius 3 is 3.00 bits per heavy atom. The van der Waals surface area contributed by atoms with Crippen molar-refractivity contribution in [3.8, 4) is 0 Å². The van der Waals surface area contributed by atoms with Gasteiger partial charge in [-0.1, -0.05) is 24.0 Å². The van der Waals surface area contributed by atoms with Gasteiger partial charge in [0.1, 0.15) is 4.32 Å². The van der Waals surface area contributed by atoms with Crippen LogP contribution in [0.3, 0.4) is 0 Å². The van der Waals surface area contributed by atoms with Crippen molar-refractivity contribution in [3.05, 3.63) is 0 Å². The van der Waals surface area contributed by atoms with Crippen LogP contribution in [-0.4, -0.2) is 39.3 Å². The SMILES string of the molecule is O=C1CSC(=S)N1CCOO. The summed E-state index contributed by atoms with van der Waals surface area (Å²) in [5.41, 5.74) is 0. The molecule has 1 saturated heterocycles. The van der Waals surface area contributed by atoms with Crippen LogP contribution in [0.2, 0.25) is 0 Å². The quantitative estimate of drug-likeness (QED) is 0.398. The lowest BCUT2D eigenvalue weighted by atomic mass is 10.5. The molecule has 0 aliphatic carbocycles. The number of thiocarbonyl (C=S) groups is 1. The van der Waals surface area contributed by atoms with Crippen molar-refractivity contribution in [1.82, 2.24) is 4.90 Å². The van der Waals surface area contributed by atoms with Gasteiger partial charge in [-0.25, -0.2) is 4.89 Å². The zero-order valence-corrected chi connectivity index (χ0v) is 7.28. The van der Waals surface area contributed by atoms with Crippen molar-refractivity contribution in [2.45, 2.75) is 0 Å². The third kappa shape index (κ3) is 2.13. The number of rotatable bonds is 3. The first-order chi connectivity index (χ1) is 5.25. The summed E-state index contributed by atoms with van der Waals surface area (Å²) in [6, 6.07) is 0. The second kappa shape index (κ2) is 4.01. The third-order valence-corrected chi connectivity index (χ3v) is 2.68. The van der Waals surface area contributed by atoms with E-state index in [0.29, 0.717) is 16.6 Å². The van der Waals surface area contributed by atoms with Gasteiger partial charge in [0.15, 0.2) is 0 Å². The molecule has 0 aromatic carbocycles. The Morgan fingerprint density at radius 1 is 1.82 bits per heavy atom. The fraction of sp³-hybridized carbons (Fsp3) is 0.600. The highest BCUT2D eigenvalue weighted by Gasteiger charge is 2.25. The summed E-state index contributed by atoms with van der Waals surface area (Å²) in [4.78, 5) is 16.2. The van der Waals surface area contributed by atoms with E-state index in [4.69, 9.17) is 17.5 Å². The molecule has 1 aliphatic heterocycles. The maximum absolute atomic E-state index is 11.0. The van der Waals surface area contributed by atoms with Crippen molar-refractivity contribution in [2.24, 2.45) is 0 Å². The molecule has 62 valence electrons. The summed E-state index contributed by atoms with van der Waals surface area (Å²) in [5.74, 6) is 0.390. The van der Waals surface area contributed by atoms with Gasteiger partial charge in [0.05, 0.1) is 18.9 Å². The van der Waals surface area contributed by atoms with Crippen LogP contribution >= 0.6 is 24.0 Å². The average molecular weight is 193 g/mol. The number of amides is 1. The summed E-state index contributed by atoms with van der Waals surface area (Å²) in [6.45, 7) is 0.438. The lowest BCUT2D eigenvalue weighted by Gasteiger charge is -2.12. The largest absolute Gasteiger partial charge is 0.295 e. The van der Waals surface area contributed by atoms with Crippen LogP contribution in [0, 0.1) is 0 Å². The molecule has 4 nitrogen and oxygen atoms in total. The van der Waals surface area contributed by atoms with Crippen molar-refractivity contribution in [3.63, 3.8) is 0 Å². The Balaban J connectivity index is 2.41. The highest BCUT2D eigenvalue weighted by atomic mass is 32.2. The molecule has 0 radical (unpaired) electrons. The Hall–Kier alpha value is -0.170. The molecule has 0 spiro atoms. The van der Waals surface area contributed by atoms with Gasteiger partial charge in [-0.05, 0) is 0 Å². The maximum Gasteiger partial charge on any atom is 0.238 e. The Kier molecular flexibility index (Phi) is 3.25. The summed E-state index contributed by atoms with van der Waals surface area (Å²) < 4.78 is 0.562. The van der Waals surface area contributed by atoms with E-state index in [9.17, 15) is 4.79 Å². The second-order valence-electron chi connectivity index (χ2n) is 1.93. The fourth-order valence-corrected chi connectivity index (χ4v) is 1.85. The van der Waals surface area contributed by atoms with Crippen LogP contribution in [-0.2, 0) is 9.68 Å². The predicted molar refractivity (Wildman–Crippen MR) is 45.3 cm³/mol. The Bertz CT molecular complexity index is 169. The zero-order valence-electron chi connectivity index (χ0n) is 5.65. The zero-order chi connectivity index (χ0) is 8.27. The molecule has 11 heavy (non-hydrogen) atoms. The first-order valence-corrected chi connectivity index (χ1v) is 4.38. The van der Waals surface area contributed by atoms with Gasteiger partial charge in [-0.15, -0.1) is 0 Å². The molecule has 6 heteroatoms. The maximum atomic E-state index is 11.0. The van der Waals surface area contributed by atoms with Crippen LogP contribution in [0.15, 0.2) is 0 Å². The molecular weight excluding hydrogens is 186 g/mol. The van der Waals surface area contributed by atoms with E-state index in [-0.39, 0.29) is 12.5 Å². The van der Waals surface area contributed by atoms with Crippen molar-refractivity contribution in [1.29, 1.82) is 0 Å². The van der Waals surface area contributed by atoms with E-state index in [1.165, 1.54) is 16.7 Å². The van der Waals surface area contributed by atoms with Crippen LogP contribution in [0.4, 0.5) is 0 Å². The Morgan fingerprint density at radius 2 is 2.55 bits per heavy atom. The first-order valence-electron chi connectivity index (χ1n) is 2.99.